The Morgan fingerprint density at radius 2 is 1.81 bits per heavy atom. The number of rotatable bonds is 6. The summed E-state index contributed by atoms with van der Waals surface area (Å²) < 4.78 is 28.6. The molecule has 0 radical (unpaired) electrons. The first-order chi connectivity index (χ1) is 12.5. The number of alkyl halides is 2. The van der Waals surface area contributed by atoms with E-state index in [1.54, 1.807) is 0 Å². The van der Waals surface area contributed by atoms with E-state index in [9.17, 15) is 13.6 Å². The monoisotopic (exact) mass is 397 g/mol. The summed E-state index contributed by atoms with van der Waals surface area (Å²) in [5.74, 6) is 0.0810. The number of carbonyl (C=O) groups is 1. The number of amides is 1. The van der Waals surface area contributed by atoms with E-state index >= 15 is 0 Å². The number of nitrogens with one attached hydrogen (secondary N) is 1. The number of carbonyl (C=O) groups excluding carboxylic acids is 1. The van der Waals surface area contributed by atoms with Crippen molar-refractivity contribution in [2.75, 3.05) is 25.0 Å². The highest BCUT2D eigenvalue weighted by atomic mass is 35.5. The molecule has 0 saturated carbocycles. The fourth-order valence-electron chi connectivity index (χ4n) is 3.22. The van der Waals surface area contributed by atoms with Crippen molar-refractivity contribution in [1.82, 2.24) is 4.90 Å². The second-order valence-electron chi connectivity index (χ2n) is 6.33. The Kier molecular flexibility index (Phi) is 7.53. The largest absolute Gasteiger partial charge is 0.435 e. The fourth-order valence-corrected chi connectivity index (χ4v) is 3.22. The minimum Gasteiger partial charge on any atom is -0.435 e. The van der Waals surface area contributed by atoms with Crippen LogP contribution in [0.2, 0.25) is 0 Å². The number of benzene rings is 2. The molecule has 8 heteroatoms. The molecule has 27 heavy (non-hydrogen) atoms. The van der Waals surface area contributed by atoms with Crippen LogP contribution in [0.4, 0.5) is 14.5 Å². The molecule has 0 aliphatic carbocycles. The molecule has 1 aliphatic rings. The lowest BCUT2D eigenvalue weighted by Crippen LogP contribution is -2.33. The Hall–Kier alpha value is -2.22. The summed E-state index contributed by atoms with van der Waals surface area (Å²) in [5, 5.41) is 2.75. The van der Waals surface area contributed by atoms with Gasteiger partial charge in [-0.15, -0.1) is 12.4 Å². The molecular formula is C19H22ClF2N3O2. The molecule has 3 N–H and O–H groups in total. The fraction of sp³-hybridized carbons (Fsp3) is 0.316. The maximum atomic E-state index is 12.2. The summed E-state index contributed by atoms with van der Waals surface area (Å²) in [6.45, 7) is -1.27. The molecule has 0 bridgehead atoms. The average Bonchev–Trinajstić information content (AvgIpc) is 2.97. The van der Waals surface area contributed by atoms with Gasteiger partial charge in [-0.05, 0) is 29.8 Å². The van der Waals surface area contributed by atoms with Gasteiger partial charge >= 0.3 is 6.61 Å². The van der Waals surface area contributed by atoms with Gasteiger partial charge in [-0.1, -0.05) is 30.3 Å². The Balaban J connectivity index is 0.00000261. The van der Waals surface area contributed by atoms with Gasteiger partial charge < -0.3 is 15.8 Å². The maximum absolute atomic E-state index is 12.2. The van der Waals surface area contributed by atoms with E-state index in [-0.39, 0.29) is 42.6 Å². The Labute approximate surface area is 162 Å². The molecule has 3 rings (SSSR count). The van der Waals surface area contributed by atoms with Gasteiger partial charge in [0.2, 0.25) is 5.91 Å². The van der Waals surface area contributed by atoms with E-state index in [1.165, 1.54) is 29.8 Å². The van der Waals surface area contributed by atoms with Gasteiger partial charge in [0.15, 0.2) is 0 Å². The van der Waals surface area contributed by atoms with E-state index in [4.69, 9.17) is 5.73 Å². The van der Waals surface area contributed by atoms with Crippen LogP contribution in [0, 0.1) is 0 Å². The Morgan fingerprint density at radius 1 is 1.15 bits per heavy atom. The maximum Gasteiger partial charge on any atom is 0.387 e. The zero-order valence-corrected chi connectivity index (χ0v) is 15.4. The SMILES string of the molecule is Cl.N[C@@H]1CN(CC(=O)Nc2ccc(OC(F)F)cc2)C[C@H]1c1ccccc1. The van der Waals surface area contributed by atoms with Gasteiger partial charge in [-0.2, -0.15) is 8.78 Å². The van der Waals surface area contributed by atoms with E-state index in [0.29, 0.717) is 12.2 Å². The molecule has 2 aromatic carbocycles. The summed E-state index contributed by atoms with van der Waals surface area (Å²) in [5.41, 5.74) is 7.94. The van der Waals surface area contributed by atoms with Crippen LogP contribution in [0.1, 0.15) is 11.5 Å². The van der Waals surface area contributed by atoms with Gasteiger partial charge in [0.1, 0.15) is 5.75 Å². The number of halogens is 3. The highest BCUT2D eigenvalue weighted by Gasteiger charge is 2.31. The molecular weight excluding hydrogens is 376 g/mol. The third kappa shape index (κ3) is 5.89. The van der Waals surface area contributed by atoms with Crippen LogP contribution in [0.5, 0.6) is 5.75 Å². The van der Waals surface area contributed by atoms with Crippen molar-refractivity contribution in [2.45, 2.75) is 18.6 Å². The topological polar surface area (TPSA) is 67.6 Å². The third-order valence-corrected chi connectivity index (χ3v) is 4.40. The smallest absolute Gasteiger partial charge is 0.387 e. The molecule has 1 heterocycles. The second-order valence-corrected chi connectivity index (χ2v) is 6.33. The van der Waals surface area contributed by atoms with Crippen molar-refractivity contribution in [1.29, 1.82) is 0 Å². The standard InChI is InChI=1S/C19H21F2N3O2.ClH/c20-19(21)26-15-8-6-14(7-9-15)23-18(25)12-24-10-16(17(22)11-24)13-4-2-1-3-5-13;/h1-9,16-17,19H,10-12,22H2,(H,23,25);1H/t16-,17+;/m0./s1. The quantitative estimate of drug-likeness (QED) is 0.786. The minimum atomic E-state index is -2.87. The first-order valence-electron chi connectivity index (χ1n) is 8.39. The number of hydrogen-bond donors (Lipinski definition) is 2. The lowest BCUT2D eigenvalue weighted by Gasteiger charge is -2.16. The molecule has 5 nitrogen and oxygen atoms in total. The zero-order chi connectivity index (χ0) is 18.5. The second kappa shape index (κ2) is 9.64. The molecule has 0 aromatic heterocycles. The summed E-state index contributed by atoms with van der Waals surface area (Å²) in [6, 6.07) is 15.9. The van der Waals surface area contributed by atoms with Crippen LogP contribution in [-0.2, 0) is 4.79 Å². The van der Waals surface area contributed by atoms with Crippen LogP contribution in [-0.4, -0.2) is 43.1 Å². The number of nitrogens with zero attached hydrogens (tertiary/aromatic N) is 1. The van der Waals surface area contributed by atoms with E-state index < -0.39 is 6.61 Å². The summed E-state index contributed by atoms with van der Waals surface area (Å²) >= 11 is 0. The lowest BCUT2D eigenvalue weighted by molar-refractivity contribution is -0.117. The van der Waals surface area contributed by atoms with E-state index in [1.807, 2.05) is 23.1 Å². The number of nitrogens with two attached hydrogens (primary N) is 1. The van der Waals surface area contributed by atoms with Crippen molar-refractivity contribution in [3.05, 3.63) is 60.2 Å². The Morgan fingerprint density at radius 3 is 2.44 bits per heavy atom. The highest BCUT2D eigenvalue weighted by Crippen LogP contribution is 2.26. The van der Waals surface area contributed by atoms with Crippen LogP contribution in [0.25, 0.3) is 0 Å². The first kappa shape index (κ1) is 21.1. The van der Waals surface area contributed by atoms with Crippen molar-refractivity contribution < 1.29 is 18.3 Å². The van der Waals surface area contributed by atoms with Gasteiger partial charge in [0, 0.05) is 30.7 Å². The van der Waals surface area contributed by atoms with Crippen LogP contribution < -0.4 is 15.8 Å². The summed E-state index contributed by atoms with van der Waals surface area (Å²) in [7, 11) is 0. The molecule has 146 valence electrons. The van der Waals surface area contributed by atoms with Crippen molar-refractivity contribution in [2.24, 2.45) is 5.73 Å². The lowest BCUT2D eigenvalue weighted by atomic mass is 9.95. The first-order valence-corrected chi connectivity index (χ1v) is 8.39. The molecule has 1 saturated heterocycles. The van der Waals surface area contributed by atoms with Crippen molar-refractivity contribution in [3.63, 3.8) is 0 Å². The summed E-state index contributed by atoms with van der Waals surface area (Å²) in [6.07, 6.45) is 0. The molecule has 2 aromatic rings. The number of hydrogen-bond acceptors (Lipinski definition) is 4. The van der Waals surface area contributed by atoms with Crippen molar-refractivity contribution >= 4 is 24.0 Å². The molecule has 1 fully saturated rings. The molecule has 0 unspecified atom stereocenters. The summed E-state index contributed by atoms with van der Waals surface area (Å²) in [4.78, 5) is 14.3. The normalized spacial score (nSPS) is 19.6. The van der Waals surface area contributed by atoms with Crippen LogP contribution >= 0.6 is 12.4 Å². The highest BCUT2D eigenvalue weighted by molar-refractivity contribution is 5.92. The average molecular weight is 398 g/mol. The van der Waals surface area contributed by atoms with Gasteiger partial charge in [-0.3, -0.25) is 9.69 Å². The van der Waals surface area contributed by atoms with Gasteiger partial charge in [-0.25, -0.2) is 0 Å². The predicted octanol–water partition coefficient (Wildman–Crippen LogP) is 3.08. The number of likely N-dealkylation sites (tertiary alicyclic amines) is 1. The third-order valence-electron chi connectivity index (χ3n) is 4.40. The van der Waals surface area contributed by atoms with E-state index in [0.717, 1.165) is 6.54 Å². The van der Waals surface area contributed by atoms with Crippen LogP contribution in [0.15, 0.2) is 54.6 Å². The van der Waals surface area contributed by atoms with Crippen LogP contribution in [0.3, 0.4) is 0 Å². The number of anilines is 1. The zero-order valence-electron chi connectivity index (χ0n) is 14.6. The molecule has 2 atom stereocenters. The molecule has 1 aliphatic heterocycles. The minimum absolute atomic E-state index is 0. The molecule has 1 amide bonds. The predicted molar refractivity (Wildman–Crippen MR) is 103 cm³/mol. The number of ether oxygens (including phenoxy) is 1. The van der Waals surface area contributed by atoms with Gasteiger partial charge in [0.25, 0.3) is 0 Å². The van der Waals surface area contributed by atoms with Gasteiger partial charge in [0.05, 0.1) is 6.54 Å². The molecule has 0 spiro atoms. The Bertz CT molecular complexity index is 731. The van der Waals surface area contributed by atoms with Crippen molar-refractivity contribution in [3.8, 4) is 5.75 Å². The van der Waals surface area contributed by atoms with E-state index in [2.05, 4.69) is 22.2 Å².